The number of fused-ring (bicyclic) bond motifs is 1. The molecule has 0 amide bonds. The van der Waals surface area contributed by atoms with E-state index in [0.29, 0.717) is 11.1 Å². The highest BCUT2D eigenvalue weighted by Gasteiger charge is 2.41. The molecule has 39 heavy (non-hydrogen) atoms. The molecule has 0 aliphatic rings. The van der Waals surface area contributed by atoms with E-state index in [1.807, 2.05) is 6.07 Å². The fourth-order valence-electron chi connectivity index (χ4n) is 4.36. The number of rotatable bonds is 8. The highest BCUT2D eigenvalue weighted by molar-refractivity contribution is 7.90. The zero-order valence-corrected chi connectivity index (χ0v) is 23.8. The van der Waals surface area contributed by atoms with Crippen LogP contribution in [0.1, 0.15) is 28.5 Å². The summed E-state index contributed by atoms with van der Waals surface area (Å²) in [6.07, 6.45) is 2.82. The zero-order valence-electron chi connectivity index (χ0n) is 21.3. The topological polar surface area (TPSA) is 115 Å². The number of hydrogen-bond acceptors (Lipinski definition) is 7. The van der Waals surface area contributed by atoms with Crippen molar-refractivity contribution in [3.63, 3.8) is 0 Å². The number of aromatic nitrogens is 1. The van der Waals surface area contributed by atoms with E-state index < -0.39 is 29.1 Å². The standard InChI is InChI=1S/C28H24ClN2O6PS/c1-4-37-28(32)26-27(38(33,36-3)22-16-19(2)15-20(17-22)9-8-14-30)24-18-21(29)12-13-25(24)31(26)39(34,35)23-10-6-5-7-11-23/h5-13,15-18H,4H2,1-3H3/b9-8+/t38-/m1/s1. The normalized spacial score (nSPS) is 13.3. The van der Waals surface area contributed by atoms with Crippen molar-refractivity contribution in [2.45, 2.75) is 18.7 Å². The van der Waals surface area contributed by atoms with Crippen LogP contribution in [0.15, 0.2) is 77.7 Å². The molecule has 0 fully saturated rings. The van der Waals surface area contributed by atoms with E-state index in [2.05, 4.69) is 0 Å². The smallest absolute Gasteiger partial charge is 0.356 e. The van der Waals surface area contributed by atoms with Crippen LogP contribution in [0.5, 0.6) is 0 Å². The molecule has 0 N–H and O–H groups in total. The van der Waals surface area contributed by atoms with Gasteiger partial charge < -0.3 is 9.26 Å². The fourth-order valence-corrected chi connectivity index (χ4v) is 8.45. The van der Waals surface area contributed by atoms with Gasteiger partial charge in [0.15, 0.2) is 5.69 Å². The Morgan fingerprint density at radius 3 is 2.49 bits per heavy atom. The number of allylic oxidation sites excluding steroid dienone is 1. The lowest BCUT2D eigenvalue weighted by Crippen LogP contribution is -2.28. The predicted molar refractivity (Wildman–Crippen MR) is 152 cm³/mol. The maximum absolute atomic E-state index is 14.9. The van der Waals surface area contributed by atoms with Gasteiger partial charge in [-0.1, -0.05) is 35.9 Å². The molecule has 0 spiro atoms. The van der Waals surface area contributed by atoms with E-state index in [1.165, 1.54) is 43.5 Å². The largest absolute Gasteiger partial charge is 0.461 e. The summed E-state index contributed by atoms with van der Waals surface area (Å²) in [5.41, 5.74) is 0.911. The minimum atomic E-state index is -4.38. The summed E-state index contributed by atoms with van der Waals surface area (Å²) in [5, 5.41) is 9.41. The molecule has 1 heterocycles. The van der Waals surface area contributed by atoms with Gasteiger partial charge in [-0.05, 0) is 73.5 Å². The molecule has 0 radical (unpaired) electrons. The van der Waals surface area contributed by atoms with Crippen LogP contribution >= 0.6 is 19.0 Å². The van der Waals surface area contributed by atoms with Crippen molar-refractivity contribution in [2.75, 3.05) is 13.7 Å². The number of ether oxygens (including phenoxy) is 1. The van der Waals surface area contributed by atoms with E-state index in [-0.39, 0.29) is 38.0 Å². The Kier molecular flexibility index (Phi) is 8.15. The molecule has 0 unspecified atom stereocenters. The Morgan fingerprint density at radius 2 is 1.85 bits per heavy atom. The minimum absolute atomic E-state index is 0.0588. The molecule has 0 aliphatic carbocycles. The number of benzene rings is 3. The summed E-state index contributed by atoms with van der Waals surface area (Å²) >= 11 is 6.33. The SMILES string of the molecule is CCOC(=O)c1c([P@](=O)(OC)c2cc(C)cc(/C=C/C#N)c2)c2cc(Cl)ccc2n1S(=O)(=O)c1ccccc1. The first kappa shape index (κ1) is 28.3. The maximum Gasteiger partial charge on any atom is 0.356 e. The minimum Gasteiger partial charge on any atom is -0.461 e. The van der Waals surface area contributed by atoms with E-state index >= 15 is 0 Å². The maximum atomic E-state index is 14.9. The van der Waals surface area contributed by atoms with Crippen LogP contribution in [-0.4, -0.2) is 32.1 Å². The van der Waals surface area contributed by atoms with Gasteiger partial charge in [-0.15, -0.1) is 0 Å². The third kappa shape index (κ3) is 5.17. The third-order valence-electron chi connectivity index (χ3n) is 5.94. The number of aryl methyl sites for hydroxylation is 1. The number of carbonyl (C=O) groups is 1. The van der Waals surface area contributed by atoms with Crippen LogP contribution < -0.4 is 10.6 Å². The number of carbonyl (C=O) groups excluding carboxylic acids is 1. The molecular weight excluding hydrogens is 559 g/mol. The first-order valence-electron chi connectivity index (χ1n) is 11.7. The van der Waals surface area contributed by atoms with Gasteiger partial charge in [0.05, 0.1) is 28.4 Å². The molecular formula is C28H24ClN2O6PS. The highest BCUT2D eigenvalue weighted by atomic mass is 35.5. The van der Waals surface area contributed by atoms with Crippen LogP contribution in [0.3, 0.4) is 0 Å². The number of halogens is 1. The van der Waals surface area contributed by atoms with Gasteiger partial charge in [-0.25, -0.2) is 17.2 Å². The van der Waals surface area contributed by atoms with Crippen LogP contribution in [0.25, 0.3) is 17.0 Å². The van der Waals surface area contributed by atoms with Gasteiger partial charge in [0.2, 0.25) is 0 Å². The van der Waals surface area contributed by atoms with E-state index in [4.69, 9.17) is 26.1 Å². The Labute approximate surface area is 231 Å². The van der Waals surface area contributed by atoms with Crippen molar-refractivity contribution in [1.82, 2.24) is 3.97 Å². The lowest BCUT2D eigenvalue weighted by atomic mass is 10.1. The van der Waals surface area contributed by atoms with E-state index in [0.717, 1.165) is 3.97 Å². The summed E-state index contributed by atoms with van der Waals surface area (Å²) in [5.74, 6) is -0.992. The second kappa shape index (κ2) is 11.2. The number of esters is 1. The molecule has 0 saturated carbocycles. The molecule has 0 aliphatic heterocycles. The molecule has 3 aromatic carbocycles. The summed E-state index contributed by atoms with van der Waals surface area (Å²) in [7, 11) is -7.33. The predicted octanol–water partition coefficient (Wildman–Crippen LogP) is 5.43. The zero-order chi connectivity index (χ0) is 28.4. The Hall–Kier alpha value is -3.67. The quantitative estimate of drug-likeness (QED) is 0.154. The molecule has 8 nitrogen and oxygen atoms in total. The van der Waals surface area contributed by atoms with Crippen molar-refractivity contribution in [3.05, 3.63) is 94.6 Å². The average molecular weight is 583 g/mol. The van der Waals surface area contributed by atoms with Gasteiger partial charge >= 0.3 is 5.97 Å². The van der Waals surface area contributed by atoms with E-state index in [9.17, 15) is 17.8 Å². The van der Waals surface area contributed by atoms with Crippen molar-refractivity contribution >= 4 is 62.6 Å². The van der Waals surface area contributed by atoms with Crippen LogP contribution in [0.4, 0.5) is 0 Å². The van der Waals surface area contributed by atoms with Crippen molar-refractivity contribution in [3.8, 4) is 6.07 Å². The van der Waals surface area contributed by atoms with Crippen molar-refractivity contribution in [1.29, 1.82) is 5.26 Å². The van der Waals surface area contributed by atoms with E-state index in [1.54, 1.807) is 56.3 Å². The van der Waals surface area contributed by atoms with Gasteiger partial charge in [0.1, 0.15) is 0 Å². The molecule has 1 aromatic heterocycles. The molecule has 4 aromatic rings. The van der Waals surface area contributed by atoms with Gasteiger partial charge in [-0.3, -0.25) is 4.57 Å². The fraction of sp³-hybridized carbons (Fsp3) is 0.143. The van der Waals surface area contributed by atoms with Crippen molar-refractivity contribution < 1.29 is 27.0 Å². The van der Waals surface area contributed by atoms with Crippen LogP contribution in [0.2, 0.25) is 5.02 Å². The summed E-state index contributed by atoms with van der Waals surface area (Å²) < 4.78 is 54.8. The number of nitriles is 1. The Balaban J connectivity index is 2.20. The first-order valence-corrected chi connectivity index (χ1v) is 15.2. The molecule has 11 heteroatoms. The second-order valence-electron chi connectivity index (χ2n) is 8.46. The summed E-state index contributed by atoms with van der Waals surface area (Å²) in [4.78, 5) is 13.4. The first-order chi connectivity index (χ1) is 18.6. The third-order valence-corrected chi connectivity index (χ3v) is 10.4. The lowest BCUT2D eigenvalue weighted by molar-refractivity contribution is 0.0520. The molecule has 4 rings (SSSR count). The van der Waals surface area contributed by atoms with Crippen molar-refractivity contribution in [2.24, 2.45) is 0 Å². The average Bonchev–Trinajstić information content (AvgIpc) is 3.27. The molecule has 200 valence electrons. The Morgan fingerprint density at radius 1 is 1.13 bits per heavy atom. The monoisotopic (exact) mass is 582 g/mol. The second-order valence-corrected chi connectivity index (χ2v) is 13.1. The lowest BCUT2D eigenvalue weighted by Gasteiger charge is -2.20. The summed E-state index contributed by atoms with van der Waals surface area (Å²) in [6.45, 7) is 3.30. The molecule has 1 atom stereocenters. The Bertz CT molecular complexity index is 1810. The van der Waals surface area contributed by atoms with Crippen LogP contribution in [-0.2, 0) is 23.8 Å². The molecule has 0 bridgehead atoms. The van der Waals surface area contributed by atoms with Gasteiger partial charge in [0.25, 0.3) is 17.4 Å². The van der Waals surface area contributed by atoms with Gasteiger partial charge in [0, 0.05) is 28.9 Å². The number of hydrogen-bond donors (Lipinski definition) is 0. The number of nitrogens with zero attached hydrogens (tertiary/aromatic N) is 2. The summed E-state index contributed by atoms with van der Waals surface area (Å²) in [6, 6.07) is 18.9. The van der Waals surface area contributed by atoms with Gasteiger partial charge in [-0.2, -0.15) is 5.26 Å². The molecule has 0 saturated heterocycles. The van der Waals surface area contributed by atoms with Crippen LogP contribution in [0, 0.1) is 18.3 Å². The highest BCUT2D eigenvalue weighted by Crippen LogP contribution is 2.49.